The van der Waals surface area contributed by atoms with Crippen LogP contribution in [0.15, 0.2) is 18.2 Å². The number of aromatic hydroxyl groups is 1. The Morgan fingerprint density at radius 1 is 1.50 bits per heavy atom. The summed E-state index contributed by atoms with van der Waals surface area (Å²) in [5.41, 5.74) is 5.92. The Hall–Kier alpha value is -1.33. The number of amides is 1. The number of rotatable bonds is 4. The third-order valence-electron chi connectivity index (χ3n) is 2.47. The average molecular weight is 287 g/mol. The molecule has 0 radical (unpaired) electrons. The Morgan fingerprint density at radius 2 is 2.11 bits per heavy atom. The van der Waals surface area contributed by atoms with Crippen LogP contribution < -0.4 is 11.1 Å². The summed E-state index contributed by atoms with van der Waals surface area (Å²) in [4.78, 5) is 12.2. The quantitative estimate of drug-likeness (QED) is 0.741. The predicted octanol–water partition coefficient (Wildman–Crippen LogP) is 2.09. The molecule has 0 fully saturated rings. The molecule has 0 aliphatic carbocycles. The minimum atomic E-state index is -0.375. The van der Waals surface area contributed by atoms with E-state index in [1.165, 1.54) is 18.2 Å². The van der Waals surface area contributed by atoms with E-state index in [1.54, 1.807) is 0 Å². The van der Waals surface area contributed by atoms with E-state index in [9.17, 15) is 9.90 Å². The second-order valence-corrected chi connectivity index (χ2v) is 5.14. The number of carbonyl (C=O) groups excluding carboxylic acids is 1. The van der Waals surface area contributed by atoms with Gasteiger partial charge < -0.3 is 16.2 Å². The van der Waals surface area contributed by atoms with E-state index < -0.39 is 0 Å². The molecule has 1 aromatic rings. The highest BCUT2D eigenvalue weighted by Crippen LogP contribution is 2.23. The van der Waals surface area contributed by atoms with Crippen LogP contribution >= 0.6 is 23.8 Å². The van der Waals surface area contributed by atoms with E-state index in [2.05, 4.69) is 5.32 Å². The summed E-state index contributed by atoms with van der Waals surface area (Å²) < 4.78 is 0. The van der Waals surface area contributed by atoms with E-state index in [1.807, 2.05) is 13.8 Å². The van der Waals surface area contributed by atoms with Gasteiger partial charge in [0.1, 0.15) is 5.75 Å². The van der Waals surface area contributed by atoms with Crippen LogP contribution in [0.5, 0.6) is 5.75 Å². The monoisotopic (exact) mass is 286 g/mol. The molecule has 4 N–H and O–H groups in total. The van der Waals surface area contributed by atoms with Crippen molar-refractivity contribution in [1.29, 1.82) is 0 Å². The number of phenols is 1. The lowest BCUT2D eigenvalue weighted by Gasteiger charge is -2.21. The van der Waals surface area contributed by atoms with Gasteiger partial charge in [-0.3, -0.25) is 4.79 Å². The number of nitrogens with one attached hydrogen (secondary N) is 1. The maximum absolute atomic E-state index is 12.0. The van der Waals surface area contributed by atoms with Crippen LogP contribution in [-0.2, 0) is 0 Å². The van der Waals surface area contributed by atoms with E-state index in [0.717, 1.165) is 0 Å². The van der Waals surface area contributed by atoms with Crippen LogP contribution in [0.1, 0.15) is 24.2 Å². The summed E-state index contributed by atoms with van der Waals surface area (Å²) in [7, 11) is 0. The molecule has 4 nitrogen and oxygen atoms in total. The molecule has 0 aliphatic heterocycles. The van der Waals surface area contributed by atoms with Gasteiger partial charge in [-0.2, -0.15) is 0 Å². The Kier molecular flexibility index (Phi) is 4.93. The second kappa shape index (κ2) is 6.02. The van der Waals surface area contributed by atoms with Gasteiger partial charge in [-0.05, 0) is 24.1 Å². The molecule has 0 aliphatic rings. The number of thiocarbonyl (C=S) groups is 1. The molecule has 6 heteroatoms. The van der Waals surface area contributed by atoms with Gasteiger partial charge in [0.25, 0.3) is 5.91 Å². The first-order valence-corrected chi connectivity index (χ1v) is 6.20. The number of benzene rings is 1. The van der Waals surface area contributed by atoms with Gasteiger partial charge in [-0.1, -0.05) is 37.7 Å². The summed E-state index contributed by atoms with van der Waals surface area (Å²) in [5, 5.41) is 12.1. The molecule has 0 saturated heterocycles. The van der Waals surface area contributed by atoms with E-state index >= 15 is 0 Å². The largest absolute Gasteiger partial charge is 0.506 e. The molecule has 18 heavy (non-hydrogen) atoms. The zero-order chi connectivity index (χ0) is 13.9. The van der Waals surface area contributed by atoms with Gasteiger partial charge in [-0.15, -0.1) is 0 Å². The average Bonchev–Trinajstić information content (AvgIpc) is 2.28. The number of phenolic OH excluding ortho intramolecular Hbond substituents is 1. The lowest BCUT2D eigenvalue weighted by atomic mass is 10.0. The third-order valence-corrected chi connectivity index (χ3v) is 3.03. The highest BCUT2D eigenvalue weighted by atomic mass is 35.5. The zero-order valence-corrected chi connectivity index (χ0v) is 11.7. The van der Waals surface area contributed by atoms with Crippen LogP contribution in [-0.4, -0.2) is 22.0 Å². The third kappa shape index (κ3) is 3.58. The lowest BCUT2D eigenvalue weighted by Crippen LogP contribution is -2.46. The van der Waals surface area contributed by atoms with Crippen LogP contribution in [0.2, 0.25) is 5.02 Å². The minimum absolute atomic E-state index is 0.0667. The van der Waals surface area contributed by atoms with Crippen molar-refractivity contribution < 1.29 is 9.90 Å². The molecule has 0 heterocycles. The van der Waals surface area contributed by atoms with Gasteiger partial charge in [0.15, 0.2) is 0 Å². The van der Waals surface area contributed by atoms with Gasteiger partial charge in [0, 0.05) is 5.56 Å². The number of hydrogen-bond acceptors (Lipinski definition) is 3. The summed E-state index contributed by atoms with van der Waals surface area (Å²) in [6.07, 6.45) is 0. The molecule has 1 aromatic carbocycles. The van der Waals surface area contributed by atoms with E-state index in [0.29, 0.717) is 5.56 Å². The zero-order valence-electron chi connectivity index (χ0n) is 10.1. The highest BCUT2D eigenvalue weighted by Gasteiger charge is 2.19. The normalized spacial score (nSPS) is 12.2. The van der Waals surface area contributed by atoms with Gasteiger partial charge in [0.2, 0.25) is 0 Å². The van der Waals surface area contributed by atoms with Crippen molar-refractivity contribution in [3.63, 3.8) is 0 Å². The number of hydrogen-bond donors (Lipinski definition) is 3. The Balaban J connectivity index is 2.87. The SMILES string of the molecule is CC(C)C(NC(=O)c1ccc(O)c(Cl)c1)C(N)=S. The van der Waals surface area contributed by atoms with Crippen molar-refractivity contribution in [1.82, 2.24) is 5.32 Å². The molecule has 1 rings (SSSR count). The van der Waals surface area contributed by atoms with E-state index in [-0.39, 0.29) is 33.6 Å². The first-order chi connectivity index (χ1) is 8.32. The fraction of sp³-hybridized carbons (Fsp3) is 0.333. The van der Waals surface area contributed by atoms with Crippen molar-refractivity contribution in [2.75, 3.05) is 0 Å². The van der Waals surface area contributed by atoms with E-state index in [4.69, 9.17) is 29.6 Å². The first kappa shape index (κ1) is 14.7. The fourth-order valence-corrected chi connectivity index (χ4v) is 1.95. The van der Waals surface area contributed by atoms with Crippen molar-refractivity contribution >= 4 is 34.7 Å². The Morgan fingerprint density at radius 3 is 2.56 bits per heavy atom. The fourth-order valence-electron chi connectivity index (χ4n) is 1.44. The Labute approximate surface area is 116 Å². The Bertz CT molecular complexity index is 477. The van der Waals surface area contributed by atoms with Gasteiger partial charge in [-0.25, -0.2) is 0 Å². The summed E-state index contributed by atoms with van der Waals surface area (Å²) in [6, 6.07) is 3.86. The first-order valence-electron chi connectivity index (χ1n) is 5.41. The molecule has 0 saturated carbocycles. The summed E-state index contributed by atoms with van der Waals surface area (Å²) in [5.74, 6) is -0.301. The topological polar surface area (TPSA) is 75.3 Å². The minimum Gasteiger partial charge on any atom is -0.506 e. The number of carbonyl (C=O) groups is 1. The predicted molar refractivity (Wildman–Crippen MR) is 76.0 cm³/mol. The summed E-state index contributed by atoms with van der Waals surface area (Å²) in [6.45, 7) is 3.82. The molecule has 0 aromatic heterocycles. The highest BCUT2D eigenvalue weighted by molar-refractivity contribution is 7.80. The molecular weight excluding hydrogens is 272 g/mol. The second-order valence-electron chi connectivity index (χ2n) is 4.26. The molecule has 0 spiro atoms. The van der Waals surface area contributed by atoms with Crippen LogP contribution in [0.4, 0.5) is 0 Å². The lowest BCUT2D eigenvalue weighted by molar-refractivity contribution is 0.0940. The molecular formula is C12H15ClN2O2S. The van der Waals surface area contributed by atoms with Crippen molar-refractivity contribution in [3.8, 4) is 5.75 Å². The van der Waals surface area contributed by atoms with Crippen molar-refractivity contribution in [2.24, 2.45) is 11.7 Å². The maximum Gasteiger partial charge on any atom is 0.251 e. The van der Waals surface area contributed by atoms with Crippen molar-refractivity contribution in [2.45, 2.75) is 19.9 Å². The molecule has 1 amide bonds. The van der Waals surface area contributed by atoms with Crippen molar-refractivity contribution in [3.05, 3.63) is 28.8 Å². The maximum atomic E-state index is 12.0. The molecule has 1 atom stereocenters. The molecule has 1 unspecified atom stereocenters. The van der Waals surface area contributed by atoms with Crippen LogP contribution in [0.25, 0.3) is 0 Å². The molecule has 0 bridgehead atoms. The van der Waals surface area contributed by atoms with Gasteiger partial charge >= 0.3 is 0 Å². The number of halogens is 1. The molecule has 98 valence electrons. The smallest absolute Gasteiger partial charge is 0.251 e. The van der Waals surface area contributed by atoms with Crippen LogP contribution in [0, 0.1) is 5.92 Å². The summed E-state index contributed by atoms with van der Waals surface area (Å²) >= 11 is 10.6. The standard InChI is InChI=1S/C12H15ClN2O2S/c1-6(2)10(11(14)18)15-12(17)7-3-4-9(16)8(13)5-7/h3-6,10,16H,1-2H3,(H2,14,18)(H,15,17). The van der Waals surface area contributed by atoms with Gasteiger partial charge in [0.05, 0.1) is 16.1 Å². The number of nitrogens with two attached hydrogens (primary N) is 1. The van der Waals surface area contributed by atoms with Crippen LogP contribution in [0.3, 0.4) is 0 Å².